The van der Waals surface area contributed by atoms with Crippen LogP contribution in [0.5, 0.6) is 0 Å². The van der Waals surface area contributed by atoms with Gasteiger partial charge in [-0.1, -0.05) is 19.8 Å². The van der Waals surface area contributed by atoms with Gasteiger partial charge in [0.2, 0.25) is 0 Å². The molecule has 1 unspecified atom stereocenters. The van der Waals surface area contributed by atoms with Crippen LogP contribution in [-0.2, 0) is 0 Å². The van der Waals surface area contributed by atoms with Crippen LogP contribution in [0.2, 0.25) is 0 Å². The molecule has 1 aromatic heterocycles. The molecule has 1 fully saturated rings. The van der Waals surface area contributed by atoms with Crippen LogP contribution in [0.3, 0.4) is 0 Å². The standard InChI is InChI=1S/C13H22N4/c1-4-11(7-10-5-6-10)17-13-8(2)12(14)15-9(3)16-13/h10-11H,4-7H2,1-3H3,(H3,14,15,16,17). The molecule has 17 heavy (non-hydrogen) atoms. The van der Waals surface area contributed by atoms with Gasteiger partial charge in [-0.3, -0.25) is 0 Å². The SMILES string of the molecule is CCC(CC1CC1)Nc1nc(C)nc(N)c1C. The second-order valence-electron chi connectivity index (χ2n) is 5.06. The second kappa shape index (κ2) is 4.90. The van der Waals surface area contributed by atoms with Crippen LogP contribution < -0.4 is 11.1 Å². The molecule has 0 aromatic carbocycles. The van der Waals surface area contributed by atoms with E-state index in [4.69, 9.17) is 5.73 Å². The molecule has 1 atom stereocenters. The molecular formula is C13H22N4. The smallest absolute Gasteiger partial charge is 0.134 e. The summed E-state index contributed by atoms with van der Waals surface area (Å²) in [6.07, 6.45) is 5.15. The Labute approximate surface area is 103 Å². The summed E-state index contributed by atoms with van der Waals surface area (Å²) in [5.74, 6) is 3.15. The number of rotatable bonds is 5. The first-order chi connectivity index (χ1) is 8.10. The minimum absolute atomic E-state index is 0.509. The van der Waals surface area contributed by atoms with Crippen molar-refractivity contribution in [2.24, 2.45) is 5.92 Å². The van der Waals surface area contributed by atoms with Gasteiger partial charge >= 0.3 is 0 Å². The summed E-state index contributed by atoms with van der Waals surface area (Å²) in [6.45, 7) is 6.07. The predicted octanol–water partition coefficient (Wildman–Crippen LogP) is 2.67. The highest BCUT2D eigenvalue weighted by atomic mass is 15.1. The van der Waals surface area contributed by atoms with E-state index in [2.05, 4.69) is 22.2 Å². The highest BCUT2D eigenvalue weighted by Gasteiger charge is 2.25. The highest BCUT2D eigenvalue weighted by molar-refractivity contribution is 5.55. The largest absolute Gasteiger partial charge is 0.383 e. The fourth-order valence-corrected chi connectivity index (χ4v) is 2.07. The molecule has 4 heteroatoms. The van der Waals surface area contributed by atoms with Crippen molar-refractivity contribution < 1.29 is 0 Å². The molecule has 4 nitrogen and oxygen atoms in total. The van der Waals surface area contributed by atoms with Crippen molar-refractivity contribution in [1.82, 2.24) is 9.97 Å². The lowest BCUT2D eigenvalue weighted by atomic mass is 10.1. The van der Waals surface area contributed by atoms with Crippen LogP contribution >= 0.6 is 0 Å². The van der Waals surface area contributed by atoms with Crippen molar-refractivity contribution >= 4 is 11.6 Å². The maximum absolute atomic E-state index is 5.86. The van der Waals surface area contributed by atoms with Crippen LogP contribution in [0, 0.1) is 19.8 Å². The lowest BCUT2D eigenvalue weighted by Crippen LogP contribution is -2.21. The molecule has 1 aromatic rings. The van der Waals surface area contributed by atoms with Crippen molar-refractivity contribution in [3.63, 3.8) is 0 Å². The molecule has 1 aliphatic rings. The Balaban J connectivity index is 2.09. The highest BCUT2D eigenvalue weighted by Crippen LogP contribution is 2.35. The lowest BCUT2D eigenvalue weighted by molar-refractivity contribution is 0.584. The van der Waals surface area contributed by atoms with Crippen LogP contribution in [-0.4, -0.2) is 16.0 Å². The van der Waals surface area contributed by atoms with Crippen LogP contribution in [0.1, 0.15) is 44.0 Å². The number of nitrogens with one attached hydrogen (secondary N) is 1. The number of hydrogen-bond donors (Lipinski definition) is 2. The van der Waals surface area contributed by atoms with Gasteiger partial charge in [0.05, 0.1) is 0 Å². The number of aromatic nitrogens is 2. The Hall–Kier alpha value is -1.32. The molecule has 0 spiro atoms. The summed E-state index contributed by atoms with van der Waals surface area (Å²) in [6, 6.07) is 0.509. The van der Waals surface area contributed by atoms with Gasteiger partial charge in [0.25, 0.3) is 0 Å². The number of hydrogen-bond acceptors (Lipinski definition) is 4. The average molecular weight is 234 g/mol. The minimum atomic E-state index is 0.509. The minimum Gasteiger partial charge on any atom is -0.383 e. The summed E-state index contributed by atoms with van der Waals surface area (Å²) >= 11 is 0. The molecule has 0 bridgehead atoms. The zero-order chi connectivity index (χ0) is 12.4. The van der Waals surface area contributed by atoms with Gasteiger partial charge in [0.1, 0.15) is 17.5 Å². The first-order valence-corrected chi connectivity index (χ1v) is 6.47. The number of nitrogen functional groups attached to an aromatic ring is 1. The Bertz CT molecular complexity index is 399. The van der Waals surface area contributed by atoms with Crippen LogP contribution in [0.25, 0.3) is 0 Å². The van der Waals surface area contributed by atoms with Crippen molar-refractivity contribution in [1.29, 1.82) is 0 Å². The molecule has 2 rings (SSSR count). The summed E-state index contributed by atoms with van der Waals surface area (Å²) in [5.41, 5.74) is 6.82. The number of nitrogens with zero attached hydrogens (tertiary/aromatic N) is 2. The van der Waals surface area contributed by atoms with Gasteiger partial charge in [-0.25, -0.2) is 9.97 Å². The first-order valence-electron chi connectivity index (χ1n) is 6.47. The van der Waals surface area contributed by atoms with Gasteiger partial charge in [-0.2, -0.15) is 0 Å². The third-order valence-electron chi connectivity index (χ3n) is 3.44. The number of aryl methyl sites for hydroxylation is 1. The first kappa shape index (κ1) is 12.1. The summed E-state index contributed by atoms with van der Waals surface area (Å²) in [4.78, 5) is 8.61. The zero-order valence-corrected chi connectivity index (χ0v) is 11.0. The number of nitrogens with two attached hydrogens (primary N) is 1. The molecule has 0 saturated heterocycles. The fourth-order valence-electron chi connectivity index (χ4n) is 2.07. The maximum atomic E-state index is 5.86. The fraction of sp³-hybridized carbons (Fsp3) is 0.692. The van der Waals surface area contributed by atoms with Gasteiger partial charge in [0.15, 0.2) is 0 Å². The van der Waals surface area contributed by atoms with Crippen molar-refractivity contribution in [3.8, 4) is 0 Å². The van der Waals surface area contributed by atoms with Gasteiger partial charge in [-0.05, 0) is 32.6 Å². The van der Waals surface area contributed by atoms with Crippen molar-refractivity contribution in [2.75, 3.05) is 11.1 Å². The van der Waals surface area contributed by atoms with E-state index in [1.807, 2.05) is 13.8 Å². The summed E-state index contributed by atoms with van der Waals surface area (Å²) < 4.78 is 0. The third-order valence-corrected chi connectivity index (χ3v) is 3.44. The van der Waals surface area contributed by atoms with Crippen molar-refractivity contribution in [2.45, 2.75) is 52.5 Å². The zero-order valence-electron chi connectivity index (χ0n) is 11.0. The Morgan fingerprint density at radius 3 is 2.65 bits per heavy atom. The average Bonchev–Trinajstić information content (AvgIpc) is 3.08. The van der Waals surface area contributed by atoms with Gasteiger partial charge in [-0.15, -0.1) is 0 Å². The molecule has 1 aliphatic carbocycles. The van der Waals surface area contributed by atoms with E-state index in [9.17, 15) is 0 Å². The summed E-state index contributed by atoms with van der Waals surface area (Å²) in [7, 11) is 0. The monoisotopic (exact) mass is 234 g/mol. The molecule has 1 heterocycles. The molecule has 0 radical (unpaired) electrons. The Kier molecular flexibility index (Phi) is 3.50. The third kappa shape index (κ3) is 3.08. The number of anilines is 2. The van der Waals surface area contributed by atoms with E-state index in [-0.39, 0.29) is 0 Å². The Morgan fingerprint density at radius 2 is 2.06 bits per heavy atom. The molecule has 0 aliphatic heterocycles. The topological polar surface area (TPSA) is 63.8 Å². The molecule has 3 N–H and O–H groups in total. The van der Waals surface area contributed by atoms with Crippen molar-refractivity contribution in [3.05, 3.63) is 11.4 Å². The predicted molar refractivity (Wildman–Crippen MR) is 71.0 cm³/mol. The Morgan fingerprint density at radius 1 is 1.35 bits per heavy atom. The van der Waals surface area contributed by atoms with Crippen LogP contribution in [0.4, 0.5) is 11.6 Å². The van der Waals surface area contributed by atoms with E-state index >= 15 is 0 Å². The summed E-state index contributed by atoms with van der Waals surface area (Å²) in [5, 5.41) is 3.52. The van der Waals surface area contributed by atoms with Crippen LogP contribution in [0.15, 0.2) is 0 Å². The molecular weight excluding hydrogens is 212 g/mol. The van der Waals surface area contributed by atoms with E-state index < -0.39 is 0 Å². The normalized spacial score (nSPS) is 16.9. The van der Waals surface area contributed by atoms with E-state index in [0.29, 0.717) is 11.9 Å². The molecule has 0 amide bonds. The lowest BCUT2D eigenvalue weighted by Gasteiger charge is -2.19. The van der Waals surface area contributed by atoms with Gasteiger partial charge in [0, 0.05) is 11.6 Å². The second-order valence-corrected chi connectivity index (χ2v) is 5.06. The van der Waals surface area contributed by atoms with Gasteiger partial charge < -0.3 is 11.1 Å². The quantitative estimate of drug-likeness (QED) is 0.822. The van der Waals surface area contributed by atoms with E-state index in [0.717, 1.165) is 29.5 Å². The molecule has 94 valence electrons. The molecule has 1 saturated carbocycles. The van der Waals surface area contributed by atoms with E-state index in [1.54, 1.807) is 0 Å². The maximum Gasteiger partial charge on any atom is 0.134 e. The van der Waals surface area contributed by atoms with E-state index in [1.165, 1.54) is 19.3 Å².